The minimum atomic E-state index is -1.15. The van der Waals surface area contributed by atoms with Crippen LogP contribution < -0.4 is 14.2 Å². The summed E-state index contributed by atoms with van der Waals surface area (Å²) >= 11 is 0. The highest BCUT2D eigenvalue weighted by molar-refractivity contribution is 6.08. The number of carboxylic acid groups (broad SMARTS) is 1. The standard InChI is InChI=1S/C19H16FNO5/c1-24-15-9-14-16(18(26-3)17(15)25-2)12(19(22)23)8-13(21-14)10-4-6-11(20)7-5-10/h4-9H,1-3H3,(H,22,23). The van der Waals surface area contributed by atoms with Gasteiger partial charge in [0.1, 0.15) is 5.82 Å². The Balaban J connectivity index is 2.39. The van der Waals surface area contributed by atoms with Gasteiger partial charge in [0.25, 0.3) is 0 Å². The molecule has 0 fully saturated rings. The molecular weight excluding hydrogens is 341 g/mol. The second-order valence-corrected chi connectivity index (χ2v) is 5.41. The third-order valence-electron chi connectivity index (χ3n) is 3.97. The zero-order valence-corrected chi connectivity index (χ0v) is 14.4. The molecule has 7 heteroatoms. The number of aromatic nitrogens is 1. The van der Waals surface area contributed by atoms with E-state index >= 15 is 0 Å². The van der Waals surface area contributed by atoms with E-state index in [1.807, 2.05) is 0 Å². The Bertz CT molecular complexity index is 986. The normalized spacial score (nSPS) is 10.6. The first-order valence-corrected chi connectivity index (χ1v) is 7.63. The molecule has 134 valence electrons. The number of hydrogen-bond donors (Lipinski definition) is 1. The van der Waals surface area contributed by atoms with Crippen LogP contribution in [0.1, 0.15) is 10.4 Å². The van der Waals surface area contributed by atoms with E-state index in [0.717, 1.165) is 0 Å². The largest absolute Gasteiger partial charge is 0.493 e. The fraction of sp³-hybridized carbons (Fsp3) is 0.158. The highest BCUT2D eigenvalue weighted by Crippen LogP contribution is 2.44. The van der Waals surface area contributed by atoms with Gasteiger partial charge in [-0.2, -0.15) is 0 Å². The van der Waals surface area contributed by atoms with E-state index in [4.69, 9.17) is 14.2 Å². The number of ether oxygens (including phenoxy) is 3. The zero-order valence-electron chi connectivity index (χ0n) is 14.4. The van der Waals surface area contributed by atoms with Gasteiger partial charge in [-0.1, -0.05) is 0 Å². The van der Waals surface area contributed by atoms with Crippen molar-refractivity contribution < 1.29 is 28.5 Å². The number of pyridine rings is 1. The fourth-order valence-corrected chi connectivity index (χ4v) is 2.80. The Kier molecular flexibility index (Phi) is 4.62. The first kappa shape index (κ1) is 17.5. The average Bonchev–Trinajstić information content (AvgIpc) is 2.65. The Hall–Kier alpha value is -3.35. The highest BCUT2D eigenvalue weighted by atomic mass is 19.1. The summed E-state index contributed by atoms with van der Waals surface area (Å²) in [5.41, 5.74) is 1.33. The maximum Gasteiger partial charge on any atom is 0.336 e. The molecule has 0 aliphatic heterocycles. The summed E-state index contributed by atoms with van der Waals surface area (Å²) < 4.78 is 29.2. The van der Waals surface area contributed by atoms with Crippen molar-refractivity contribution in [1.29, 1.82) is 0 Å². The number of carbonyl (C=O) groups is 1. The van der Waals surface area contributed by atoms with Crippen LogP contribution in [0.5, 0.6) is 17.2 Å². The molecule has 0 saturated carbocycles. The molecule has 0 bridgehead atoms. The number of carboxylic acids is 1. The Morgan fingerprint density at radius 2 is 1.65 bits per heavy atom. The minimum absolute atomic E-state index is 0.00729. The van der Waals surface area contributed by atoms with E-state index in [0.29, 0.717) is 27.9 Å². The van der Waals surface area contributed by atoms with E-state index in [1.54, 1.807) is 6.07 Å². The SMILES string of the molecule is COc1cc2nc(-c3ccc(F)cc3)cc(C(=O)O)c2c(OC)c1OC. The van der Waals surface area contributed by atoms with Gasteiger partial charge in [-0.25, -0.2) is 14.2 Å². The molecule has 0 unspecified atom stereocenters. The molecule has 0 atom stereocenters. The van der Waals surface area contributed by atoms with Gasteiger partial charge < -0.3 is 19.3 Å². The number of rotatable bonds is 5. The van der Waals surface area contributed by atoms with Crippen LogP contribution in [0.15, 0.2) is 36.4 Å². The molecule has 0 aliphatic rings. The van der Waals surface area contributed by atoms with E-state index in [2.05, 4.69) is 4.98 Å². The van der Waals surface area contributed by atoms with Crippen molar-refractivity contribution in [3.63, 3.8) is 0 Å². The van der Waals surface area contributed by atoms with Crippen molar-refractivity contribution in [2.75, 3.05) is 21.3 Å². The van der Waals surface area contributed by atoms with Gasteiger partial charge >= 0.3 is 5.97 Å². The summed E-state index contributed by atoms with van der Waals surface area (Å²) in [6.07, 6.45) is 0. The molecule has 3 aromatic rings. The maximum atomic E-state index is 13.2. The third kappa shape index (κ3) is 2.88. The van der Waals surface area contributed by atoms with Crippen LogP contribution in [-0.2, 0) is 0 Å². The van der Waals surface area contributed by atoms with Crippen molar-refractivity contribution in [2.24, 2.45) is 0 Å². The van der Waals surface area contributed by atoms with Gasteiger partial charge in [-0.05, 0) is 30.3 Å². The van der Waals surface area contributed by atoms with Gasteiger partial charge in [0.05, 0.1) is 43.5 Å². The highest BCUT2D eigenvalue weighted by Gasteiger charge is 2.23. The summed E-state index contributed by atoms with van der Waals surface area (Å²) in [5, 5.41) is 9.99. The molecule has 0 radical (unpaired) electrons. The second kappa shape index (κ2) is 6.87. The van der Waals surface area contributed by atoms with Crippen LogP contribution in [0.25, 0.3) is 22.2 Å². The van der Waals surface area contributed by atoms with E-state index in [9.17, 15) is 14.3 Å². The Labute approximate surface area is 148 Å². The quantitative estimate of drug-likeness (QED) is 0.749. The van der Waals surface area contributed by atoms with Crippen molar-refractivity contribution in [2.45, 2.75) is 0 Å². The summed E-state index contributed by atoms with van der Waals surface area (Å²) in [6.45, 7) is 0. The lowest BCUT2D eigenvalue weighted by Gasteiger charge is -2.16. The summed E-state index contributed by atoms with van der Waals surface area (Å²) in [6, 6.07) is 8.65. The van der Waals surface area contributed by atoms with Crippen LogP contribution >= 0.6 is 0 Å². The molecule has 6 nitrogen and oxygen atoms in total. The van der Waals surface area contributed by atoms with Gasteiger partial charge in [0.2, 0.25) is 5.75 Å². The van der Waals surface area contributed by atoms with Crippen LogP contribution in [0.4, 0.5) is 4.39 Å². The van der Waals surface area contributed by atoms with Crippen LogP contribution in [0.2, 0.25) is 0 Å². The van der Waals surface area contributed by atoms with Gasteiger partial charge in [0.15, 0.2) is 11.5 Å². The molecule has 2 aromatic carbocycles. The van der Waals surface area contributed by atoms with Crippen LogP contribution in [0, 0.1) is 5.82 Å². The number of benzene rings is 2. The van der Waals surface area contributed by atoms with Gasteiger partial charge in [0, 0.05) is 11.6 Å². The molecule has 0 saturated heterocycles. The molecule has 1 aromatic heterocycles. The van der Waals surface area contributed by atoms with Crippen molar-refractivity contribution >= 4 is 16.9 Å². The minimum Gasteiger partial charge on any atom is -0.493 e. The first-order chi connectivity index (χ1) is 12.5. The van der Waals surface area contributed by atoms with Crippen LogP contribution in [-0.4, -0.2) is 37.4 Å². The monoisotopic (exact) mass is 357 g/mol. The number of aromatic carboxylic acids is 1. The lowest BCUT2D eigenvalue weighted by molar-refractivity contribution is 0.0698. The van der Waals surface area contributed by atoms with Gasteiger partial charge in [-0.15, -0.1) is 0 Å². The predicted octanol–water partition coefficient (Wildman–Crippen LogP) is 3.76. The average molecular weight is 357 g/mol. The smallest absolute Gasteiger partial charge is 0.336 e. The fourth-order valence-electron chi connectivity index (χ4n) is 2.80. The first-order valence-electron chi connectivity index (χ1n) is 7.63. The maximum absolute atomic E-state index is 13.2. The molecule has 0 amide bonds. The Morgan fingerprint density at radius 3 is 2.19 bits per heavy atom. The van der Waals surface area contributed by atoms with Gasteiger partial charge in [-0.3, -0.25) is 0 Å². The van der Waals surface area contributed by atoms with Crippen molar-refractivity contribution in [3.8, 4) is 28.5 Å². The topological polar surface area (TPSA) is 77.9 Å². The molecule has 26 heavy (non-hydrogen) atoms. The van der Waals surface area contributed by atoms with E-state index in [1.165, 1.54) is 51.7 Å². The predicted molar refractivity (Wildman–Crippen MR) is 93.8 cm³/mol. The third-order valence-corrected chi connectivity index (χ3v) is 3.97. The number of halogens is 1. The Morgan fingerprint density at radius 1 is 1.00 bits per heavy atom. The molecule has 3 rings (SSSR count). The lowest BCUT2D eigenvalue weighted by Crippen LogP contribution is -2.04. The number of fused-ring (bicyclic) bond motifs is 1. The second-order valence-electron chi connectivity index (χ2n) is 5.41. The van der Waals surface area contributed by atoms with Crippen LogP contribution in [0.3, 0.4) is 0 Å². The number of hydrogen-bond acceptors (Lipinski definition) is 5. The lowest BCUT2D eigenvalue weighted by atomic mass is 10.0. The number of nitrogens with zero attached hydrogens (tertiary/aromatic N) is 1. The molecule has 1 heterocycles. The molecule has 0 spiro atoms. The molecule has 0 aliphatic carbocycles. The molecule has 1 N–H and O–H groups in total. The van der Waals surface area contributed by atoms with E-state index < -0.39 is 5.97 Å². The van der Waals surface area contributed by atoms with Crippen molar-refractivity contribution in [1.82, 2.24) is 4.98 Å². The summed E-state index contributed by atoms with van der Waals surface area (Å²) in [7, 11) is 4.31. The summed E-state index contributed by atoms with van der Waals surface area (Å²) in [5.74, 6) is -0.678. The summed E-state index contributed by atoms with van der Waals surface area (Å²) in [4.78, 5) is 16.4. The zero-order chi connectivity index (χ0) is 18.8. The molecular formula is C19H16FNO5. The van der Waals surface area contributed by atoms with E-state index in [-0.39, 0.29) is 22.9 Å². The van der Waals surface area contributed by atoms with Crippen molar-refractivity contribution in [3.05, 3.63) is 47.8 Å². The number of methoxy groups -OCH3 is 3.